The van der Waals surface area contributed by atoms with Gasteiger partial charge in [0.2, 0.25) is 12.3 Å². The SMILES string of the molecule is NCC1C(F)C12CCCN(c1c(F)cc3c(=O)c(C(=O)O)cn(C4CC4)c3c1OCF)C2. The molecular weight excluding hydrogens is 427 g/mol. The fourth-order valence-corrected chi connectivity index (χ4v) is 5.43. The topological polar surface area (TPSA) is 97.8 Å². The summed E-state index contributed by atoms with van der Waals surface area (Å²) in [5.41, 5.74) is 3.85. The maximum absolute atomic E-state index is 15.4. The number of halogens is 3. The molecule has 1 aliphatic heterocycles. The zero-order valence-electron chi connectivity index (χ0n) is 17.3. The Morgan fingerprint density at radius 3 is 2.72 bits per heavy atom. The van der Waals surface area contributed by atoms with Crippen molar-refractivity contribution in [2.24, 2.45) is 17.1 Å². The third-order valence-electron chi connectivity index (χ3n) is 7.23. The van der Waals surface area contributed by atoms with Crippen LogP contribution < -0.4 is 20.8 Å². The van der Waals surface area contributed by atoms with E-state index in [1.165, 1.54) is 6.20 Å². The van der Waals surface area contributed by atoms with Gasteiger partial charge in [0, 0.05) is 36.7 Å². The maximum Gasteiger partial charge on any atom is 0.341 e. The van der Waals surface area contributed by atoms with Crippen molar-refractivity contribution in [3.8, 4) is 5.75 Å². The van der Waals surface area contributed by atoms with Gasteiger partial charge < -0.3 is 25.0 Å². The number of hydrogen-bond donors (Lipinski definition) is 2. The van der Waals surface area contributed by atoms with Crippen molar-refractivity contribution >= 4 is 22.6 Å². The van der Waals surface area contributed by atoms with Crippen molar-refractivity contribution in [1.29, 1.82) is 0 Å². The Hall–Kier alpha value is -2.75. The monoisotopic (exact) mass is 451 g/mol. The molecule has 2 heterocycles. The molecule has 2 aliphatic carbocycles. The Morgan fingerprint density at radius 1 is 1.38 bits per heavy atom. The largest absolute Gasteiger partial charge is 0.477 e. The number of piperidine rings is 1. The lowest BCUT2D eigenvalue weighted by Crippen LogP contribution is -2.39. The predicted octanol–water partition coefficient (Wildman–Crippen LogP) is 2.99. The molecule has 3 fully saturated rings. The van der Waals surface area contributed by atoms with Crippen LogP contribution in [0.3, 0.4) is 0 Å². The van der Waals surface area contributed by atoms with Gasteiger partial charge in [0.25, 0.3) is 0 Å². The zero-order valence-corrected chi connectivity index (χ0v) is 17.3. The van der Waals surface area contributed by atoms with Crippen LogP contribution in [0.25, 0.3) is 10.9 Å². The van der Waals surface area contributed by atoms with E-state index in [0.29, 0.717) is 19.4 Å². The molecule has 7 nitrogen and oxygen atoms in total. The van der Waals surface area contributed by atoms with Crippen LogP contribution >= 0.6 is 0 Å². The molecule has 0 bridgehead atoms. The van der Waals surface area contributed by atoms with E-state index in [1.807, 2.05) is 0 Å². The molecule has 3 unspecified atom stereocenters. The summed E-state index contributed by atoms with van der Waals surface area (Å²) in [5.74, 6) is -2.71. The molecule has 1 saturated heterocycles. The number of carboxylic acid groups (broad SMARTS) is 1. The first-order chi connectivity index (χ1) is 15.3. The van der Waals surface area contributed by atoms with Crippen LogP contribution in [0.2, 0.25) is 0 Å². The van der Waals surface area contributed by atoms with Crippen LogP contribution in [0, 0.1) is 17.2 Å². The molecule has 0 radical (unpaired) electrons. The summed E-state index contributed by atoms with van der Waals surface area (Å²) in [6.07, 6.45) is 2.87. The van der Waals surface area contributed by atoms with Gasteiger partial charge in [-0.2, -0.15) is 0 Å². The standard InChI is InChI=1S/C22H24F3N3O4/c23-10-32-19-16-12(18(29)13(21(30)31)8-28(16)11-2-3-11)6-15(24)17(19)27-5-1-4-22(9-27)14(7-26)20(22)25/h6,8,11,14,20H,1-5,7,9-10,26H2,(H,30,31). The number of hydrogen-bond acceptors (Lipinski definition) is 5. The van der Waals surface area contributed by atoms with Crippen LogP contribution in [0.1, 0.15) is 42.1 Å². The molecule has 3 aliphatic rings. The number of anilines is 1. The number of nitrogens with two attached hydrogens (primary N) is 1. The Balaban J connectivity index is 1.72. The van der Waals surface area contributed by atoms with E-state index >= 15 is 4.39 Å². The van der Waals surface area contributed by atoms with Crippen LogP contribution in [0.4, 0.5) is 18.9 Å². The summed E-state index contributed by atoms with van der Waals surface area (Å²) in [6.45, 7) is -0.441. The number of alkyl halides is 2. The van der Waals surface area contributed by atoms with Gasteiger partial charge in [-0.15, -0.1) is 0 Å². The van der Waals surface area contributed by atoms with Gasteiger partial charge in [0.15, 0.2) is 11.6 Å². The van der Waals surface area contributed by atoms with Crippen molar-refractivity contribution in [2.45, 2.75) is 37.9 Å². The van der Waals surface area contributed by atoms with Gasteiger partial charge in [0.05, 0.1) is 10.9 Å². The summed E-state index contributed by atoms with van der Waals surface area (Å²) >= 11 is 0. The number of carbonyl (C=O) groups is 1. The maximum atomic E-state index is 15.4. The van der Waals surface area contributed by atoms with Crippen molar-refractivity contribution in [3.63, 3.8) is 0 Å². The predicted molar refractivity (Wildman–Crippen MR) is 111 cm³/mol. The molecule has 1 aromatic heterocycles. The number of rotatable bonds is 6. The highest BCUT2D eigenvalue weighted by molar-refractivity contribution is 5.97. The van der Waals surface area contributed by atoms with Crippen LogP contribution in [0.15, 0.2) is 17.1 Å². The van der Waals surface area contributed by atoms with Gasteiger partial charge in [-0.25, -0.2) is 18.0 Å². The fourth-order valence-electron chi connectivity index (χ4n) is 5.43. The summed E-state index contributed by atoms with van der Waals surface area (Å²) in [7, 11) is 0. The van der Waals surface area contributed by atoms with Gasteiger partial charge in [0.1, 0.15) is 17.4 Å². The smallest absolute Gasteiger partial charge is 0.341 e. The molecule has 1 aromatic carbocycles. The lowest BCUT2D eigenvalue weighted by molar-refractivity contribution is 0.0694. The zero-order chi connectivity index (χ0) is 22.8. The second-order valence-electron chi connectivity index (χ2n) is 9.00. The van der Waals surface area contributed by atoms with E-state index in [1.54, 1.807) is 9.47 Å². The molecular formula is C22H24F3N3O4. The van der Waals surface area contributed by atoms with Gasteiger partial charge in [-0.3, -0.25) is 4.79 Å². The quantitative estimate of drug-likeness (QED) is 0.701. The van der Waals surface area contributed by atoms with Crippen LogP contribution in [-0.4, -0.2) is 48.3 Å². The minimum Gasteiger partial charge on any atom is -0.477 e. The van der Waals surface area contributed by atoms with Crippen LogP contribution in [0.5, 0.6) is 5.75 Å². The van der Waals surface area contributed by atoms with E-state index in [4.69, 9.17) is 10.5 Å². The lowest BCUT2D eigenvalue weighted by Gasteiger charge is -2.36. The molecule has 0 amide bonds. The first-order valence-electron chi connectivity index (χ1n) is 10.8. The first kappa shape index (κ1) is 21.1. The number of nitrogens with zero attached hydrogens (tertiary/aromatic N) is 2. The highest BCUT2D eigenvalue weighted by Gasteiger charge is 2.66. The van der Waals surface area contributed by atoms with E-state index < -0.39 is 41.2 Å². The second-order valence-corrected chi connectivity index (χ2v) is 9.00. The fraction of sp³-hybridized carbons (Fsp3) is 0.545. The molecule has 32 heavy (non-hydrogen) atoms. The van der Waals surface area contributed by atoms with E-state index in [0.717, 1.165) is 18.9 Å². The average molecular weight is 451 g/mol. The number of aromatic nitrogens is 1. The van der Waals surface area contributed by atoms with Crippen LogP contribution in [-0.2, 0) is 0 Å². The van der Waals surface area contributed by atoms with Crippen molar-refractivity contribution in [2.75, 3.05) is 31.4 Å². The van der Waals surface area contributed by atoms with Gasteiger partial charge >= 0.3 is 5.97 Å². The molecule has 3 N–H and O–H groups in total. The highest BCUT2D eigenvalue weighted by Crippen LogP contribution is 2.60. The minimum absolute atomic E-state index is 0.0269. The number of ether oxygens (including phenoxy) is 1. The highest BCUT2D eigenvalue weighted by atomic mass is 19.1. The van der Waals surface area contributed by atoms with Gasteiger partial charge in [-0.05, 0) is 38.3 Å². The molecule has 2 saturated carbocycles. The summed E-state index contributed by atoms with van der Waals surface area (Å²) in [6, 6.07) is 0.898. The number of benzene rings is 1. The molecule has 3 atom stereocenters. The van der Waals surface area contributed by atoms with E-state index in [9.17, 15) is 23.5 Å². The van der Waals surface area contributed by atoms with E-state index in [2.05, 4.69) is 0 Å². The van der Waals surface area contributed by atoms with Crippen molar-refractivity contribution < 1.29 is 27.8 Å². The number of fused-ring (bicyclic) bond motifs is 1. The normalized spacial score (nSPS) is 27.2. The summed E-state index contributed by atoms with van der Waals surface area (Å²) < 4.78 is 50.3. The first-order valence-corrected chi connectivity index (χ1v) is 10.8. The third-order valence-corrected chi connectivity index (χ3v) is 7.23. The third kappa shape index (κ3) is 2.99. The Bertz CT molecular complexity index is 1170. The Kier molecular flexibility index (Phi) is 4.88. The molecule has 2 aromatic rings. The lowest BCUT2D eigenvalue weighted by atomic mass is 9.91. The molecule has 5 rings (SSSR count). The summed E-state index contributed by atoms with van der Waals surface area (Å²) in [5, 5.41) is 9.26. The number of aromatic carboxylic acids is 1. The van der Waals surface area contributed by atoms with Crippen molar-refractivity contribution in [3.05, 3.63) is 33.9 Å². The molecule has 172 valence electrons. The van der Waals surface area contributed by atoms with Crippen molar-refractivity contribution in [1.82, 2.24) is 4.57 Å². The average Bonchev–Trinajstić information content (AvgIpc) is 3.67. The molecule has 10 heteroatoms. The number of carboxylic acids is 1. The Labute approximate surface area is 181 Å². The Morgan fingerprint density at radius 2 is 2.12 bits per heavy atom. The van der Waals surface area contributed by atoms with Gasteiger partial charge in [-0.1, -0.05) is 0 Å². The van der Waals surface area contributed by atoms with E-state index in [-0.39, 0.29) is 47.4 Å². The second kappa shape index (κ2) is 7.40. The summed E-state index contributed by atoms with van der Waals surface area (Å²) in [4.78, 5) is 26.0. The minimum atomic E-state index is -1.42. The number of pyridine rings is 1. The molecule has 1 spiro atoms.